The maximum Gasteiger partial charge on any atom is 0.451 e. The number of benzene rings is 1. The van der Waals surface area contributed by atoms with Gasteiger partial charge in [0.15, 0.2) is 0 Å². The van der Waals surface area contributed by atoms with Crippen LogP contribution in [0.5, 0.6) is 0 Å². The number of hydrogen-bond donors (Lipinski definition) is 2. The van der Waals surface area contributed by atoms with Gasteiger partial charge in [0, 0.05) is 58.1 Å². The van der Waals surface area contributed by atoms with Gasteiger partial charge >= 0.3 is 6.18 Å². The maximum atomic E-state index is 13.9. The standard InChI is InChI=1S/C33H40F3N7O2/c1-37-30(44)9-3-5-23-13-19-42(20-14-23)28-22-29(41-32(40-28)33(34,35)36)43-18-4-8-27(43)31(45)39-17-10-24-6-2-7-26(21-24)25-11-15-38-16-12-25/h2,6-7,11-12,15-16,21-23,27H,3-5,8-10,13-14,17-20H2,1H3,(H,37,44)(H,39,45)/t27-/m0/s1. The Morgan fingerprint density at radius 1 is 0.956 bits per heavy atom. The first-order valence-corrected chi connectivity index (χ1v) is 15.7. The monoisotopic (exact) mass is 623 g/mol. The summed E-state index contributed by atoms with van der Waals surface area (Å²) in [6, 6.07) is 13.0. The highest BCUT2D eigenvalue weighted by atomic mass is 19.4. The summed E-state index contributed by atoms with van der Waals surface area (Å²) in [5.41, 5.74) is 3.19. The van der Waals surface area contributed by atoms with Crippen molar-refractivity contribution in [2.75, 3.05) is 43.0 Å². The number of pyridine rings is 1. The van der Waals surface area contributed by atoms with Crippen LogP contribution >= 0.6 is 0 Å². The lowest BCUT2D eigenvalue weighted by molar-refractivity contribution is -0.144. The number of piperidine rings is 1. The van der Waals surface area contributed by atoms with Gasteiger partial charge in [-0.15, -0.1) is 0 Å². The molecule has 45 heavy (non-hydrogen) atoms. The first-order chi connectivity index (χ1) is 21.7. The van der Waals surface area contributed by atoms with Crippen molar-refractivity contribution in [2.24, 2.45) is 5.92 Å². The molecule has 0 aliphatic carbocycles. The van der Waals surface area contributed by atoms with Gasteiger partial charge in [-0.25, -0.2) is 9.97 Å². The zero-order valence-electron chi connectivity index (χ0n) is 25.5. The number of alkyl halides is 3. The summed E-state index contributed by atoms with van der Waals surface area (Å²) in [6.07, 6.45) is 4.40. The molecule has 2 amide bonds. The molecule has 5 rings (SSSR count). The molecule has 0 unspecified atom stereocenters. The molecule has 2 N–H and O–H groups in total. The number of anilines is 2. The summed E-state index contributed by atoms with van der Waals surface area (Å²) in [6.45, 7) is 1.99. The van der Waals surface area contributed by atoms with Crippen molar-refractivity contribution >= 4 is 23.5 Å². The third kappa shape index (κ3) is 8.49. The zero-order chi connectivity index (χ0) is 31.8. The second-order valence-corrected chi connectivity index (χ2v) is 11.7. The third-order valence-corrected chi connectivity index (χ3v) is 8.69. The molecule has 240 valence electrons. The van der Waals surface area contributed by atoms with E-state index in [1.165, 1.54) is 0 Å². The van der Waals surface area contributed by atoms with Crippen LogP contribution in [0.3, 0.4) is 0 Å². The van der Waals surface area contributed by atoms with E-state index in [-0.39, 0.29) is 23.5 Å². The lowest BCUT2D eigenvalue weighted by Gasteiger charge is -2.34. The van der Waals surface area contributed by atoms with Crippen molar-refractivity contribution in [1.82, 2.24) is 25.6 Å². The summed E-state index contributed by atoms with van der Waals surface area (Å²) in [4.78, 5) is 40.3. The Morgan fingerprint density at radius 3 is 2.44 bits per heavy atom. The number of carbonyl (C=O) groups excluding carboxylic acids is 2. The Balaban J connectivity index is 1.22. The maximum absolute atomic E-state index is 13.9. The lowest BCUT2D eigenvalue weighted by atomic mass is 9.91. The third-order valence-electron chi connectivity index (χ3n) is 8.69. The second kappa shape index (κ2) is 14.7. The number of aromatic nitrogens is 3. The minimum absolute atomic E-state index is 0.0151. The molecule has 2 aromatic heterocycles. The van der Waals surface area contributed by atoms with Gasteiger partial charge in [0.25, 0.3) is 0 Å². The molecule has 2 fully saturated rings. The fourth-order valence-electron chi connectivity index (χ4n) is 6.20. The van der Waals surface area contributed by atoms with Crippen molar-refractivity contribution in [3.63, 3.8) is 0 Å². The average molecular weight is 624 g/mol. The first-order valence-electron chi connectivity index (χ1n) is 15.7. The molecule has 4 heterocycles. The van der Waals surface area contributed by atoms with E-state index >= 15 is 0 Å². The summed E-state index contributed by atoms with van der Waals surface area (Å²) >= 11 is 0. The van der Waals surface area contributed by atoms with Crippen LogP contribution in [-0.2, 0) is 22.2 Å². The van der Waals surface area contributed by atoms with Gasteiger partial charge in [0.05, 0.1) is 0 Å². The molecule has 2 aliphatic rings. The summed E-state index contributed by atoms with van der Waals surface area (Å²) in [5, 5.41) is 5.62. The highest BCUT2D eigenvalue weighted by Gasteiger charge is 2.39. The number of nitrogens with one attached hydrogen (secondary N) is 2. The second-order valence-electron chi connectivity index (χ2n) is 11.7. The number of nitrogens with zero attached hydrogens (tertiary/aromatic N) is 5. The molecule has 1 aromatic carbocycles. The number of amides is 2. The van der Waals surface area contributed by atoms with Crippen LogP contribution in [0.2, 0.25) is 0 Å². The smallest absolute Gasteiger partial charge is 0.359 e. The van der Waals surface area contributed by atoms with E-state index in [0.717, 1.165) is 42.4 Å². The highest BCUT2D eigenvalue weighted by molar-refractivity contribution is 5.85. The normalized spacial score (nSPS) is 17.4. The minimum atomic E-state index is -4.72. The quantitative estimate of drug-likeness (QED) is 0.309. The number of rotatable bonds is 11. The Bertz CT molecular complexity index is 1450. The molecule has 0 saturated carbocycles. The van der Waals surface area contributed by atoms with Crippen molar-refractivity contribution < 1.29 is 22.8 Å². The fourth-order valence-corrected chi connectivity index (χ4v) is 6.20. The van der Waals surface area contributed by atoms with Crippen molar-refractivity contribution in [3.8, 4) is 11.1 Å². The van der Waals surface area contributed by atoms with Gasteiger partial charge in [0.1, 0.15) is 17.7 Å². The molecule has 0 spiro atoms. The molecule has 12 heteroatoms. The predicted octanol–water partition coefficient (Wildman–Crippen LogP) is 5.02. The van der Waals surface area contributed by atoms with E-state index in [2.05, 4.69) is 31.7 Å². The highest BCUT2D eigenvalue weighted by Crippen LogP contribution is 2.34. The van der Waals surface area contributed by atoms with Crippen LogP contribution in [0.4, 0.5) is 24.8 Å². The number of carbonyl (C=O) groups is 2. The van der Waals surface area contributed by atoms with E-state index in [0.29, 0.717) is 57.8 Å². The molecule has 1 atom stereocenters. The van der Waals surface area contributed by atoms with Crippen LogP contribution < -0.4 is 20.4 Å². The molecule has 0 radical (unpaired) electrons. The Labute approximate surface area is 261 Å². The van der Waals surface area contributed by atoms with Gasteiger partial charge in [-0.05, 0) is 79.7 Å². The molecule has 2 aliphatic heterocycles. The fraction of sp³-hybridized carbons (Fsp3) is 0.485. The molecule has 2 saturated heterocycles. The topological polar surface area (TPSA) is 103 Å². The molecular weight excluding hydrogens is 583 g/mol. The molecule has 9 nitrogen and oxygen atoms in total. The first kappa shape index (κ1) is 32.2. The molecular formula is C33H40F3N7O2. The Morgan fingerprint density at radius 2 is 1.71 bits per heavy atom. The van der Waals surface area contributed by atoms with Gasteiger partial charge in [-0.1, -0.05) is 24.3 Å². The minimum Gasteiger partial charge on any atom is -0.359 e. The summed E-state index contributed by atoms with van der Waals surface area (Å²) in [7, 11) is 1.62. The van der Waals surface area contributed by atoms with E-state index in [4.69, 9.17) is 0 Å². The van der Waals surface area contributed by atoms with Crippen molar-refractivity contribution in [2.45, 2.75) is 63.6 Å². The molecule has 0 bridgehead atoms. The average Bonchev–Trinajstić information content (AvgIpc) is 3.55. The van der Waals surface area contributed by atoms with Crippen LogP contribution in [0.15, 0.2) is 54.9 Å². The Kier molecular flexibility index (Phi) is 10.5. The van der Waals surface area contributed by atoms with Crippen LogP contribution in [0.25, 0.3) is 11.1 Å². The molecule has 3 aromatic rings. The van der Waals surface area contributed by atoms with Crippen molar-refractivity contribution in [1.29, 1.82) is 0 Å². The van der Waals surface area contributed by atoms with Crippen LogP contribution in [-0.4, -0.2) is 66.0 Å². The zero-order valence-corrected chi connectivity index (χ0v) is 25.5. The van der Waals surface area contributed by atoms with E-state index in [9.17, 15) is 22.8 Å². The van der Waals surface area contributed by atoms with E-state index < -0.39 is 18.0 Å². The number of hydrogen-bond acceptors (Lipinski definition) is 7. The lowest BCUT2D eigenvalue weighted by Crippen LogP contribution is -2.44. The van der Waals surface area contributed by atoms with E-state index in [1.807, 2.05) is 35.2 Å². The van der Waals surface area contributed by atoms with Gasteiger partial charge in [-0.3, -0.25) is 14.6 Å². The van der Waals surface area contributed by atoms with Crippen LogP contribution in [0, 0.1) is 5.92 Å². The predicted molar refractivity (Wildman–Crippen MR) is 167 cm³/mol. The largest absolute Gasteiger partial charge is 0.451 e. The summed E-state index contributed by atoms with van der Waals surface area (Å²) in [5.74, 6) is -0.619. The summed E-state index contributed by atoms with van der Waals surface area (Å²) < 4.78 is 41.8. The van der Waals surface area contributed by atoms with Crippen molar-refractivity contribution in [3.05, 3.63) is 66.2 Å². The van der Waals surface area contributed by atoms with Crippen LogP contribution in [0.1, 0.15) is 56.3 Å². The number of halogens is 3. The van der Waals surface area contributed by atoms with Gasteiger partial charge in [-0.2, -0.15) is 13.2 Å². The SMILES string of the molecule is CNC(=O)CCCC1CCN(c2cc(N3CCC[C@H]3C(=O)NCCc3cccc(-c4ccncc4)c3)nc(C(F)(F)F)n2)CC1. The Hall–Kier alpha value is -4.22. The van der Waals surface area contributed by atoms with Gasteiger partial charge in [0.2, 0.25) is 17.6 Å². The van der Waals surface area contributed by atoms with E-state index in [1.54, 1.807) is 30.4 Å². The van der Waals surface area contributed by atoms with Gasteiger partial charge < -0.3 is 20.4 Å².